The van der Waals surface area contributed by atoms with Crippen LogP contribution in [0, 0.1) is 0 Å². The lowest BCUT2D eigenvalue weighted by molar-refractivity contribution is 1.19. The van der Waals surface area contributed by atoms with Crippen molar-refractivity contribution < 1.29 is 0 Å². The Hall–Kier alpha value is -4.82. The summed E-state index contributed by atoms with van der Waals surface area (Å²) in [5.41, 5.74) is 5.46. The van der Waals surface area contributed by atoms with E-state index in [4.69, 9.17) is 0 Å². The Morgan fingerprint density at radius 2 is 1.22 bits per heavy atom. The lowest BCUT2D eigenvalue weighted by Crippen LogP contribution is -2.16. The normalized spacial score (nSPS) is 12.0. The summed E-state index contributed by atoms with van der Waals surface area (Å²) < 4.78 is 0. The van der Waals surface area contributed by atoms with Crippen LogP contribution in [0.15, 0.2) is 171 Å². The molecule has 0 bridgehead atoms. The van der Waals surface area contributed by atoms with Crippen LogP contribution in [-0.4, -0.2) is 7.05 Å². The number of anilines is 4. The van der Waals surface area contributed by atoms with Crippen LogP contribution in [0.4, 0.5) is 22.7 Å². The van der Waals surface area contributed by atoms with Crippen molar-refractivity contribution in [1.82, 2.24) is 0 Å². The van der Waals surface area contributed by atoms with Crippen molar-refractivity contribution in [2.24, 2.45) is 0 Å². The molecule has 0 saturated carbocycles. The van der Waals surface area contributed by atoms with Gasteiger partial charge in [-0.15, -0.1) is 0 Å². The molecule has 0 saturated heterocycles. The average Bonchev–Trinajstić information content (AvgIpc) is 2.96. The van der Waals surface area contributed by atoms with E-state index in [0.29, 0.717) is 0 Å². The van der Waals surface area contributed by atoms with Gasteiger partial charge in [0.25, 0.3) is 0 Å². The van der Waals surface area contributed by atoms with Gasteiger partial charge in [-0.3, -0.25) is 0 Å². The molecule has 0 aromatic heterocycles. The predicted molar refractivity (Wildman–Crippen MR) is 163 cm³/mol. The first kappa shape index (κ1) is 25.3. The van der Waals surface area contributed by atoms with E-state index in [0.717, 1.165) is 28.4 Å². The van der Waals surface area contributed by atoms with Crippen molar-refractivity contribution >= 4 is 33.5 Å². The van der Waals surface area contributed by atoms with Gasteiger partial charge in [-0.1, -0.05) is 110 Å². The Morgan fingerprint density at radius 1 is 0.595 bits per heavy atom. The maximum absolute atomic E-state index is 3.89. The molecule has 0 aliphatic heterocycles. The Bertz CT molecular complexity index is 1450. The summed E-state index contributed by atoms with van der Waals surface area (Å²) >= 11 is 0. The molecule has 0 N–H and O–H groups in total. The highest BCUT2D eigenvalue weighted by Crippen LogP contribution is 2.37. The van der Waals surface area contributed by atoms with E-state index >= 15 is 0 Å². The monoisotopic (exact) mass is 480 g/mol. The smallest absolute Gasteiger partial charge is 0.0540 e. The summed E-state index contributed by atoms with van der Waals surface area (Å²) in [6.07, 6.45) is 17.6. The highest BCUT2D eigenvalue weighted by molar-refractivity contribution is 5.97. The predicted octanol–water partition coefficient (Wildman–Crippen LogP) is 9.67. The number of nitrogens with zero attached hydrogens (tertiary/aromatic N) is 2. The molecule has 0 amide bonds. The molecular weight excluding hydrogens is 448 g/mol. The third-order valence-corrected chi connectivity index (χ3v) is 6.04. The van der Waals surface area contributed by atoms with Crippen LogP contribution in [-0.2, 0) is 0 Å². The largest absolute Gasteiger partial charge is 0.345 e. The van der Waals surface area contributed by atoms with Crippen LogP contribution in [0.2, 0.25) is 0 Å². The topological polar surface area (TPSA) is 6.48 Å². The van der Waals surface area contributed by atoms with Crippen LogP contribution >= 0.6 is 0 Å². The third-order valence-electron chi connectivity index (χ3n) is 6.04. The number of hydrogen-bond donors (Lipinski definition) is 0. The first-order valence-electron chi connectivity index (χ1n) is 12.3. The summed E-state index contributed by atoms with van der Waals surface area (Å²) in [5.74, 6) is 0. The van der Waals surface area contributed by atoms with E-state index in [9.17, 15) is 0 Å². The average molecular weight is 481 g/mol. The van der Waals surface area contributed by atoms with E-state index in [-0.39, 0.29) is 0 Å². The SMILES string of the molecule is C=C\C=C/C=C\C=C(/C=C\C=C)N(c1ccc(N(C)c2ccccc2)cc1)c1cccc2ccccc12. The molecular formula is C35H32N2. The highest BCUT2D eigenvalue weighted by atomic mass is 15.2. The number of fused-ring (bicyclic) bond motifs is 1. The summed E-state index contributed by atoms with van der Waals surface area (Å²) in [4.78, 5) is 4.48. The number of allylic oxidation sites excluding steroid dienone is 9. The quantitative estimate of drug-likeness (QED) is 0.208. The van der Waals surface area contributed by atoms with Crippen LogP contribution in [0.3, 0.4) is 0 Å². The van der Waals surface area contributed by atoms with E-state index in [1.165, 1.54) is 10.8 Å². The molecule has 0 unspecified atom stereocenters. The van der Waals surface area contributed by atoms with Gasteiger partial charge >= 0.3 is 0 Å². The second kappa shape index (κ2) is 12.8. The molecule has 0 heterocycles. The van der Waals surface area contributed by atoms with Crippen molar-refractivity contribution in [3.8, 4) is 0 Å². The minimum Gasteiger partial charge on any atom is -0.345 e. The van der Waals surface area contributed by atoms with Crippen molar-refractivity contribution in [2.45, 2.75) is 0 Å². The zero-order valence-electron chi connectivity index (χ0n) is 21.2. The lowest BCUT2D eigenvalue weighted by atomic mass is 10.1. The Labute approximate surface area is 220 Å². The van der Waals surface area contributed by atoms with E-state index in [1.807, 2.05) is 36.4 Å². The Morgan fingerprint density at radius 3 is 1.97 bits per heavy atom. The van der Waals surface area contributed by atoms with Gasteiger partial charge in [0.2, 0.25) is 0 Å². The van der Waals surface area contributed by atoms with E-state index in [2.05, 4.69) is 133 Å². The van der Waals surface area contributed by atoms with Gasteiger partial charge < -0.3 is 9.80 Å². The summed E-state index contributed by atoms with van der Waals surface area (Å²) in [6, 6.07) is 34.0. The van der Waals surface area contributed by atoms with Crippen LogP contribution < -0.4 is 9.80 Å². The number of hydrogen-bond acceptors (Lipinski definition) is 2. The van der Waals surface area contributed by atoms with Gasteiger partial charge in [0.05, 0.1) is 5.69 Å². The fourth-order valence-corrected chi connectivity index (χ4v) is 4.19. The zero-order valence-corrected chi connectivity index (χ0v) is 21.2. The van der Waals surface area contributed by atoms with Crippen molar-refractivity contribution in [3.05, 3.63) is 171 Å². The van der Waals surface area contributed by atoms with Crippen LogP contribution in [0.1, 0.15) is 0 Å². The van der Waals surface area contributed by atoms with Gasteiger partial charge in [-0.05, 0) is 60.0 Å². The van der Waals surface area contributed by atoms with Crippen LogP contribution in [0.5, 0.6) is 0 Å². The first-order chi connectivity index (χ1) is 18.2. The van der Waals surface area contributed by atoms with E-state index < -0.39 is 0 Å². The Kier molecular flexibility index (Phi) is 8.72. The maximum Gasteiger partial charge on any atom is 0.0540 e. The molecule has 0 radical (unpaired) electrons. The van der Waals surface area contributed by atoms with Gasteiger partial charge in [0.15, 0.2) is 0 Å². The molecule has 182 valence electrons. The fourth-order valence-electron chi connectivity index (χ4n) is 4.19. The van der Waals surface area contributed by atoms with Gasteiger partial charge in [0, 0.05) is 35.2 Å². The third kappa shape index (κ3) is 6.25. The molecule has 0 spiro atoms. The van der Waals surface area contributed by atoms with Gasteiger partial charge in [-0.2, -0.15) is 0 Å². The molecule has 0 aliphatic carbocycles. The molecule has 4 aromatic carbocycles. The molecule has 4 rings (SSSR count). The van der Waals surface area contributed by atoms with Crippen molar-refractivity contribution in [3.63, 3.8) is 0 Å². The van der Waals surface area contributed by atoms with Crippen LogP contribution in [0.25, 0.3) is 10.8 Å². The summed E-state index contributed by atoms with van der Waals surface area (Å²) in [7, 11) is 2.09. The molecule has 2 nitrogen and oxygen atoms in total. The molecule has 0 aliphatic rings. The highest BCUT2D eigenvalue weighted by Gasteiger charge is 2.16. The fraction of sp³-hybridized carbons (Fsp3) is 0.0286. The van der Waals surface area contributed by atoms with Gasteiger partial charge in [-0.25, -0.2) is 0 Å². The Balaban J connectivity index is 1.83. The number of para-hydroxylation sites is 1. The van der Waals surface area contributed by atoms with E-state index in [1.54, 1.807) is 12.2 Å². The van der Waals surface area contributed by atoms with Crippen molar-refractivity contribution in [2.75, 3.05) is 16.8 Å². The zero-order chi connectivity index (χ0) is 25.9. The maximum atomic E-state index is 3.89. The summed E-state index contributed by atoms with van der Waals surface area (Å²) in [5, 5.41) is 2.38. The lowest BCUT2D eigenvalue weighted by Gasteiger charge is -2.28. The molecule has 0 atom stereocenters. The first-order valence-corrected chi connectivity index (χ1v) is 12.3. The minimum atomic E-state index is 1.02. The number of rotatable bonds is 10. The minimum absolute atomic E-state index is 1.02. The molecule has 2 heteroatoms. The standard InChI is InChI=1S/C35H32N2/c1-4-6-8-9-11-22-32(19-7-5-2)37(35-24-16-18-29-17-14-15-23-34(29)35)33-27-25-31(26-28-33)36(3)30-20-12-10-13-21-30/h4-28H,1-2H2,3H3/b8-6-,11-9-,19-7-,32-22+. The van der Waals surface area contributed by atoms with Crippen molar-refractivity contribution in [1.29, 1.82) is 0 Å². The second-order valence-corrected chi connectivity index (χ2v) is 8.44. The molecule has 37 heavy (non-hydrogen) atoms. The summed E-state index contributed by atoms with van der Waals surface area (Å²) in [6.45, 7) is 7.63. The molecule has 4 aromatic rings. The number of benzene rings is 4. The van der Waals surface area contributed by atoms with Gasteiger partial charge in [0.1, 0.15) is 0 Å². The molecule has 0 fully saturated rings. The second-order valence-electron chi connectivity index (χ2n) is 8.44.